The Labute approximate surface area is 147 Å². The smallest absolute Gasteiger partial charge is 0.255 e. The number of benzene rings is 1. The van der Waals surface area contributed by atoms with E-state index in [1.54, 1.807) is 0 Å². The van der Waals surface area contributed by atoms with Crippen LogP contribution in [0.5, 0.6) is 5.75 Å². The van der Waals surface area contributed by atoms with Crippen molar-refractivity contribution in [3.05, 3.63) is 41.2 Å². The number of primary sulfonamides is 1. The summed E-state index contributed by atoms with van der Waals surface area (Å²) in [5.74, 6) is -0.140. The van der Waals surface area contributed by atoms with Gasteiger partial charge >= 0.3 is 0 Å². The van der Waals surface area contributed by atoms with Crippen LogP contribution >= 0.6 is 0 Å². The van der Waals surface area contributed by atoms with Crippen molar-refractivity contribution in [2.75, 3.05) is 13.7 Å². The maximum Gasteiger partial charge on any atom is 0.255 e. The van der Waals surface area contributed by atoms with Crippen molar-refractivity contribution < 1.29 is 17.9 Å². The number of rotatable bonds is 7. The summed E-state index contributed by atoms with van der Waals surface area (Å²) in [5, 5.41) is 12.2. The maximum absolute atomic E-state index is 12.3. The van der Waals surface area contributed by atoms with E-state index in [4.69, 9.17) is 9.88 Å². The average molecular weight is 366 g/mol. The van der Waals surface area contributed by atoms with Gasteiger partial charge < -0.3 is 10.1 Å². The predicted molar refractivity (Wildman–Crippen MR) is 93.0 cm³/mol. The molecule has 0 aliphatic carbocycles. The molecule has 2 aromatic rings. The van der Waals surface area contributed by atoms with Crippen LogP contribution < -0.4 is 15.2 Å². The summed E-state index contributed by atoms with van der Waals surface area (Å²) in [7, 11) is -2.49. The van der Waals surface area contributed by atoms with Crippen molar-refractivity contribution in [3.8, 4) is 5.75 Å². The number of hydrogen-bond acceptors (Lipinski definition) is 5. The molecule has 0 saturated heterocycles. The zero-order valence-electron chi connectivity index (χ0n) is 14.4. The van der Waals surface area contributed by atoms with Crippen molar-refractivity contribution in [1.29, 1.82) is 0 Å². The first-order valence-electron chi connectivity index (χ1n) is 7.72. The third-order valence-electron chi connectivity index (χ3n) is 3.68. The Morgan fingerprint density at radius 2 is 2.04 bits per heavy atom. The minimum Gasteiger partial charge on any atom is -0.496 e. The first-order chi connectivity index (χ1) is 11.7. The number of methoxy groups -OCH3 is 1. The second kappa shape index (κ2) is 7.66. The molecule has 9 heteroatoms. The summed E-state index contributed by atoms with van der Waals surface area (Å²) >= 11 is 0. The molecule has 0 bridgehead atoms. The Bertz CT molecular complexity index is 874. The van der Waals surface area contributed by atoms with Crippen molar-refractivity contribution in [2.45, 2.75) is 31.7 Å². The molecule has 0 aliphatic rings. The standard InChI is InChI=1S/C16H22N4O4S/c1-11-9-12(2)20(19-11)8-4-7-18-16(21)14-10-13(25(17,22)23)5-6-15(14)24-3/h5-6,9-10H,4,7-8H2,1-3H3,(H,18,21)(H2,17,22,23). The molecule has 0 fully saturated rings. The van der Waals surface area contributed by atoms with E-state index in [-0.39, 0.29) is 16.2 Å². The van der Waals surface area contributed by atoms with Crippen molar-refractivity contribution in [3.63, 3.8) is 0 Å². The van der Waals surface area contributed by atoms with E-state index in [9.17, 15) is 13.2 Å². The van der Waals surface area contributed by atoms with E-state index in [0.29, 0.717) is 19.5 Å². The summed E-state index contributed by atoms with van der Waals surface area (Å²) in [5.41, 5.74) is 2.14. The van der Waals surface area contributed by atoms with Gasteiger partial charge in [0, 0.05) is 18.8 Å². The second-order valence-corrected chi connectivity index (χ2v) is 7.23. The van der Waals surface area contributed by atoms with Crippen molar-refractivity contribution in [2.24, 2.45) is 5.14 Å². The van der Waals surface area contributed by atoms with Crippen LogP contribution in [0.1, 0.15) is 28.2 Å². The van der Waals surface area contributed by atoms with Gasteiger partial charge in [-0.2, -0.15) is 5.10 Å². The van der Waals surface area contributed by atoms with E-state index >= 15 is 0 Å². The topological polar surface area (TPSA) is 116 Å². The van der Waals surface area contributed by atoms with Crippen LogP contribution in [0.2, 0.25) is 0 Å². The average Bonchev–Trinajstić information content (AvgIpc) is 2.87. The van der Waals surface area contributed by atoms with Gasteiger partial charge in [-0.15, -0.1) is 0 Å². The quantitative estimate of drug-likeness (QED) is 0.709. The number of sulfonamides is 1. The summed E-state index contributed by atoms with van der Waals surface area (Å²) < 4.78 is 29.9. The molecule has 0 unspecified atom stereocenters. The number of aromatic nitrogens is 2. The number of aryl methyl sites for hydroxylation is 3. The van der Waals surface area contributed by atoms with Crippen molar-refractivity contribution >= 4 is 15.9 Å². The zero-order valence-corrected chi connectivity index (χ0v) is 15.3. The summed E-state index contributed by atoms with van der Waals surface area (Å²) in [6, 6.07) is 5.91. The molecule has 1 heterocycles. The molecular formula is C16H22N4O4S. The van der Waals surface area contributed by atoms with Gasteiger partial charge in [-0.25, -0.2) is 13.6 Å². The molecule has 0 spiro atoms. The highest BCUT2D eigenvalue weighted by molar-refractivity contribution is 7.89. The molecule has 2 rings (SSSR count). The monoisotopic (exact) mass is 366 g/mol. The van der Waals surface area contributed by atoms with E-state index < -0.39 is 15.9 Å². The fourth-order valence-corrected chi connectivity index (χ4v) is 3.01. The highest BCUT2D eigenvalue weighted by Crippen LogP contribution is 2.21. The van der Waals surface area contributed by atoms with Crippen LogP contribution in [0.25, 0.3) is 0 Å². The highest BCUT2D eigenvalue weighted by Gasteiger charge is 2.17. The number of nitrogens with one attached hydrogen (secondary N) is 1. The molecule has 1 aromatic carbocycles. The van der Waals surface area contributed by atoms with Crippen LogP contribution in [0, 0.1) is 13.8 Å². The molecule has 0 saturated carbocycles. The minimum atomic E-state index is -3.89. The molecule has 3 N–H and O–H groups in total. The minimum absolute atomic E-state index is 0.125. The Balaban J connectivity index is 2.01. The first-order valence-corrected chi connectivity index (χ1v) is 9.27. The third kappa shape index (κ3) is 4.80. The molecule has 0 radical (unpaired) electrons. The number of carbonyl (C=O) groups is 1. The molecule has 1 aromatic heterocycles. The molecule has 1 amide bonds. The Morgan fingerprint density at radius 3 is 2.60 bits per heavy atom. The lowest BCUT2D eigenvalue weighted by atomic mass is 10.2. The van der Waals surface area contributed by atoms with Crippen LogP contribution in [-0.2, 0) is 16.6 Å². The third-order valence-corrected chi connectivity index (χ3v) is 4.59. The van der Waals surface area contributed by atoms with Gasteiger partial charge in [-0.05, 0) is 44.5 Å². The molecule has 0 aliphatic heterocycles. The Kier molecular flexibility index (Phi) is 5.81. The lowest BCUT2D eigenvalue weighted by Crippen LogP contribution is -2.26. The van der Waals surface area contributed by atoms with Gasteiger partial charge in [0.15, 0.2) is 0 Å². The number of nitrogens with two attached hydrogens (primary N) is 1. The van der Waals surface area contributed by atoms with Crippen LogP contribution in [0.3, 0.4) is 0 Å². The lowest BCUT2D eigenvalue weighted by Gasteiger charge is -2.11. The number of nitrogens with zero attached hydrogens (tertiary/aromatic N) is 2. The van der Waals surface area contributed by atoms with E-state index in [1.807, 2.05) is 24.6 Å². The molecule has 25 heavy (non-hydrogen) atoms. The van der Waals surface area contributed by atoms with Crippen molar-refractivity contribution in [1.82, 2.24) is 15.1 Å². The van der Waals surface area contributed by atoms with Gasteiger partial charge in [-0.3, -0.25) is 9.48 Å². The summed E-state index contributed by atoms with van der Waals surface area (Å²) in [4.78, 5) is 12.2. The zero-order chi connectivity index (χ0) is 18.6. The largest absolute Gasteiger partial charge is 0.496 e. The number of carbonyl (C=O) groups excluding carboxylic acids is 1. The number of amides is 1. The fraction of sp³-hybridized carbons (Fsp3) is 0.375. The normalized spacial score (nSPS) is 11.4. The van der Waals surface area contributed by atoms with Crippen LogP contribution in [0.15, 0.2) is 29.2 Å². The van der Waals surface area contributed by atoms with Gasteiger partial charge in [0.05, 0.1) is 23.3 Å². The second-order valence-electron chi connectivity index (χ2n) is 5.67. The van der Waals surface area contributed by atoms with E-state index in [1.165, 1.54) is 25.3 Å². The molecule has 0 atom stereocenters. The SMILES string of the molecule is COc1ccc(S(N)(=O)=O)cc1C(=O)NCCCn1nc(C)cc1C. The van der Waals surface area contributed by atoms with Gasteiger partial charge in [0.25, 0.3) is 5.91 Å². The summed E-state index contributed by atoms with van der Waals surface area (Å²) in [6.45, 7) is 4.99. The van der Waals surface area contributed by atoms with Crippen LogP contribution in [-0.4, -0.2) is 37.8 Å². The number of ether oxygens (including phenoxy) is 1. The first kappa shape index (κ1) is 18.9. The van der Waals surface area contributed by atoms with Gasteiger partial charge in [0.2, 0.25) is 10.0 Å². The highest BCUT2D eigenvalue weighted by atomic mass is 32.2. The Morgan fingerprint density at radius 1 is 1.32 bits per heavy atom. The predicted octanol–water partition coefficient (Wildman–Crippen LogP) is 0.976. The lowest BCUT2D eigenvalue weighted by molar-refractivity contribution is 0.0949. The summed E-state index contributed by atoms with van der Waals surface area (Å²) in [6.07, 6.45) is 0.685. The number of hydrogen-bond donors (Lipinski definition) is 2. The van der Waals surface area contributed by atoms with Gasteiger partial charge in [0.1, 0.15) is 5.75 Å². The van der Waals surface area contributed by atoms with E-state index in [2.05, 4.69) is 10.4 Å². The van der Waals surface area contributed by atoms with E-state index in [0.717, 1.165) is 11.4 Å². The molecular weight excluding hydrogens is 344 g/mol. The molecule has 8 nitrogen and oxygen atoms in total. The van der Waals surface area contributed by atoms with Crippen LogP contribution in [0.4, 0.5) is 0 Å². The maximum atomic E-state index is 12.3. The molecule has 136 valence electrons. The van der Waals surface area contributed by atoms with Gasteiger partial charge in [-0.1, -0.05) is 0 Å². The fourth-order valence-electron chi connectivity index (χ4n) is 2.47. The Hall–Kier alpha value is -2.39.